The lowest BCUT2D eigenvalue weighted by Crippen LogP contribution is -2.12. The normalized spacial score (nSPS) is 10.8. The van der Waals surface area contributed by atoms with Crippen molar-refractivity contribution in [3.05, 3.63) is 94.7 Å². The SMILES string of the molecule is O=C(CCc1ncc(-c2ccc(Cl)cc2Cl)o1)Nc1ccc(SCc2cccnc2)cc1. The molecule has 1 amide bonds. The number of anilines is 1. The fourth-order valence-corrected chi connectivity index (χ4v) is 4.30. The molecule has 5 nitrogen and oxygen atoms in total. The van der Waals surface area contributed by atoms with E-state index < -0.39 is 0 Å². The molecule has 0 unspecified atom stereocenters. The molecule has 1 N–H and O–H groups in total. The number of halogens is 2. The first-order chi connectivity index (χ1) is 15.6. The molecule has 162 valence electrons. The number of hydrogen-bond acceptors (Lipinski definition) is 5. The van der Waals surface area contributed by atoms with E-state index in [2.05, 4.69) is 21.4 Å². The van der Waals surface area contributed by atoms with Crippen molar-refractivity contribution in [3.63, 3.8) is 0 Å². The fraction of sp³-hybridized carbons (Fsp3) is 0.125. The van der Waals surface area contributed by atoms with Gasteiger partial charge in [0.05, 0.1) is 11.2 Å². The van der Waals surface area contributed by atoms with Gasteiger partial charge in [-0.15, -0.1) is 11.8 Å². The van der Waals surface area contributed by atoms with Crippen molar-refractivity contribution in [1.29, 1.82) is 0 Å². The molecular formula is C24H19Cl2N3O2S. The van der Waals surface area contributed by atoms with Gasteiger partial charge in [0.25, 0.3) is 0 Å². The highest BCUT2D eigenvalue weighted by Gasteiger charge is 2.12. The molecule has 2 aromatic heterocycles. The molecular weight excluding hydrogens is 465 g/mol. The molecule has 0 spiro atoms. The van der Waals surface area contributed by atoms with Crippen LogP contribution in [0.15, 0.2) is 82.5 Å². The number of carbonyl (C=O) groups excluding carboxylic acids is 1. The smallest absolute Gasteiger partial charge is 0.224 e. The number of oxazole rings is 1. The minimum Gasteiger partial charge on any atom is -0.441 e. The molecule has 0 atom stereocenters. The third-order valence-electron chi connectivity index (χ3n) is 4.58. The molecule has 2 aromatic carbocycles. The first-order valence-corrected chi connectivity index (χ1v) is 11.6. The second-order valence-electron chi connectivity index (χ2n) is 6.96. The zero-order chi connectivity index (χ0) is 22.3. The first kappa shape index (κ1) is 22.4. The molecule has 0 fully saturated rings. The molecule has 8 heteroatoms. The first-order valence-electron chi connectivity index (χ1n) is 9.88. The number of pyridine rings is 1. The molecule has 4 aromatic rings. The van der Waals surface area contributed by atoms with Crippen LogP contribution in [0.4, 0.5) is 5.69 Å². The van der Waals surface area contributed by atoms with Gasteiger partial charge < -0.3 is 9.73 Å². The largest absolute Gasteiger partial charge is 0.441 e. The Balaban J connectivity index is 1.26. The molecule has 32 heavy (non-hydrogen) atoms. The molecule has 0 aliphatic rings. The van der Waals surface area contributed by atoms with E-state index in [9.17, 15) is 4.79 Å². The average molecular weight is 484 g/mol. The summed E-state index contributed by atoms with van der Waals surface area (Å²) in [5.41, 5.74) is 2.63. The van der Waals surface area contributed by atoms with Crippen molar-refractivity contribution in [3.8, 4) is 11.3 Å². The Morgan fingerprint density at radius 2 is 1.91 bits per heavy atom. The highest BCUT2D eigenvalue weighted by Crippen LogP contribution is 2.31. The van der Waals surface area contributed by atoms with Gasteiger partial charge in [0, 0.05) is 52.2 Å². The molecule has 0 saturated carbocycles. The van der Waals surface area contributed by atoms with Crippen LogP contribution in [-0.2, 0) is 17.0 Å². The molecule has 4 rings (SSSR count). The van der Waals surface area contributed by atoms with Gasteiger partial charge in [-0.25, -0.2) is 4.98 Å². The Bertz CT molecular complexity index is 1200. The average Bonchev–Trinajstić information content (AvgIpc) is 3.27. The van der Waals surface area contributed by atoms with Gasteiger partial charge in [0.2, 0.25) is 5.91 Å². The lowest BCUT2D eigenvalue weighted by Gasteiger charge is -2.06. The molecule has 0 aliphatic carbocycles. The lowest BCUT2D eigenvalue weighted by atomic mass is 10.2. The van der Waals surface area contributed by atoms with E-state index in [4.69, 9.17) is 27.6 Å². The van der Waals surface area contributed by atoms with E-state index in [1.165, 1.54) is 5.56 Å². The van der Waals surface area contributed by atoms with Crippen LogP contribution >= 0.6 is 35.0 Å². The Hall–Kier alpha value is -2.80. The van der Waals surface area contributed by atoms with Gasteiger partial charge in [-0.05, 0) is 54.1 Å². The minimum absolute atomic E-state index is 0.106. The standard InChI is InChI=1S/C24H19Cl2N3O2S/c25-17-3-8-20(21(26)12-17)22-14-28-24(31-22)10-9-23(30)29-18-4-6-19(7-5-18)32-15-16-2-1-11-27-13-16/h1-8,11-14H,9-10,15H2,(H,29,30). The van der Waals surface area contributed by atoms with E-state index in [1.807, 2.05) is 36.5 Å². The highest BCUT2D eigenvalue weighted by atomic mass is 35.5. The second kappa shape index (κ2) is 10.7. The van der Waals surface area contributed by atoms with Gasteiger partial charge in [-0.1, -0.05) is 29.3 Å². The summed E-state index contributed by atoms with van der Waals surface area (Å²) in [7, 11) is 0. The molecule has 0 saturated heterocycles. The number of carbonyl (C=O) groups is 1. The van der Waals surface area contributed by atoms with Crippen LogP contribution < -0.4 is 5.32 Å². The number of aromatic nitrogens is 2. The Labute approximate surface area is 200 Å². The maximum absolute atomic E-state index is 12.3. The van der Waals surface area contributed by atoms with Crippen LogP contribution in [0.2, 0.25) is 10.0 Å². The van der Waals surface area contributed by atoms with E-state index in [1.54, 1.807) is 42.4 Å². The Morgan fingerprint density at radius 3 is 2.66 bits per heavy atom. The maximum Gasteiger partial charge on any atom is 0.224 e. The van der Waals surface area contributed by atoms with Crippen molar-refractivity contribution in [2.75, 3.05) is 5.32 Å². The summed E-state index contributed by atoms with van der Waals surface area (Å²) in [5.74, 6) is 1.76. The highest BCUT2D eigenvalue weighted by molar-refractivity contribution is 7.98. The summed E-state index contributed by atoms with van der Waals surface area (Å²) >= 11 is 13.9. The third-order valence-corrected chi connectivity index (χ3v) is 6.21. The number of rotatable bonds is 8. The number of nitrogens with zero attached hydrogens (tertiary/aromatic N) is 2. The van der Waals surface area contributed by atoms with Crippen molar-refractivity contribution < 1.29 is 9.21 Å². The van der Waals surface area contributed by atoms with Crippen LogP contribution in [0.5, 0.6) is 0 Å². The van der Waals surface area contributed by atoms with Crippen molar-refractivity contribution >= 4 is 46.6 Å². The Kier molecular flexibility index (Phi) is 7.47. The van der Waals surface area contributed by atoms with Crippen LogP contribution in [0.25, 0.3) is 11.3 Å². The number of thioether (sulfide) groups is 1. The van der Waals surface area contributed by atoms with Crippen LogP contribution in [0.1, 0.15) is 17.9 Å². The summed E-state index contributed by atoms with van der Waals surface area (Å²) < 4.78 is 5.74. The van der Waals surface area contributed by atoms with E-state index >= 15 is 0 Å². The minimum atomic E-state index is -0.106. The predicted octanol–water partition coefficient (Wildman–Crippen LogP) is 6.91. The lowest BCUT2D eigenvalue weighted by molar-refractivity contribution is -0.116. The third kappa shape index (κ3) is 6.13. The monoisotopic (exact) mass is 483 g/mol. The van der Waals surface area contributed by atoms with E-state index in [0.29, 0.717) is 33.7 Å². The van der Waals surface area contributed by atoms with Crippen molar-refractivity contribution in [2.24, 2.45) is 0 Å². The quantitative estimate of drug-likeness (QED) is 0.275. The molecule has 0 aliphatic heterocycles. The van der Waals surface area contributed by atoms with Crippen LogP contribution in [-0.4, -0.2) is 15.9 Å². The fourth-order valence-electron chi connectivity index (χ4n) is 2.97. The van der Waals surface area contributed by atoms with Crippen LogP contribution in [0, 0.1) is 0 Å². The van der Waals surface area contributed by atoms with Gasteiger partial charge >= 0.3 is 0 Å². The summed E-state index contributed by atoms with van der Waals surface area (Å²) in [6.07, 6.45) is 5.87. The zero-order valence-electron chi connectivity index (χ0n) is 16.9. The number of nitrogens with one attached hydrogen (secondary N) is 1. The predicted molar refractivity (Wildman–Crippen MR) is 129 cm³/mol. The molecule has 0 bridgehead atoms. The number of aryl methyl sites for hydroxylation is 1. The maximum atomic E-state index is 12.3. The van der Waals surface area contributed by atoms with Gasteiger partial charge in [-0.2, -0.15) is 0 Å². The van der Waals surface area contributed by atoms with Gasteiger partial charge in [-0.3, -0.25) is 9.78 Å². The molecule has 2 heterocycles. The zero-order valence-corrected chi connectivity index (χ0v) is 19.3. The summed E-state index contributed by atoms with van der Waals surface area (Å²) in [4.78, 5) is 21.8. The Morgan fingerprint density at radius 1 is 1.06 bits per heavy atom. The van der Waals surface area contributed by atoms with E-state index in [-0.39, 0.29) is 12.3 Å². The van der Waals surface area contributed by atoms with Crippen molar-refractivity contribution in [1.82, 2.24) is 9.97 Å². The topological polar surface area (TPSA) is 68.0 Å². The van der Waals surface area contributed by atoms with Crippen LogP contribution in [0.3, 0.4) is 0 Å². The number of benzene rings is 2. The number of amides is 1. The summed E-state index contributed by atoms with van der Waals surface area (Å²) in [6, 6.07) is 16.9. The second-order valence-corrected chi connectivity index (χ2v) is 8.86. The van der Waals surface area contributed by atoms with Gasteiger partial charge in [0.1, 0.15) is 0 Å². The summed E-state index contributed by atoms with van der Waals surface area (Å²) in [6.45, 7) is 0. The number of hydrogen-bond donors (Lipinski definition) is 1. The van der Waals surface area contributed by atoms with Gasteiger partial charge in [0.15, 0.2) is 11.7 Å². The van der Waals surface area contributed by atoms with E-state index in [0.717, 1.165) is 16.3 Å². The van der Waals surface area contributed by atoms with Crippen molar-refractivity contribution in [2.45, 2.75) is 23.5 Å². The molecule has 0 radical (unpaired) electrons. The summed E-state index contributed by atoms with van der Waals surface area (Å²) in [5, 5.41) is 3.94.